The highest BCUT2D eigenvalue weighted by molar-refractivity contribution is 6.21. The summed E-state index contributed by atoms with van der Waals surface area (Å²) in [6.07, 6.45) is 5.27. The molecule has 2 saturated heterocycles. The van der Waals surface area contributed by atoms with E-state index in [1.807, 2.05) is 6.92 Å². The van der Waals surface area contributed by atoms with Crippen molar-refractivity contribution in [3.63, 3.8) is 0 Å². The third kappa shape index (κ3) is 2.80. The first-order valence-corrected chi connectivity index (χ1v) is 14.1. The number of allylic oxidation sites excluding steroid dienone is 1. The molecule has 0 amide bonds. The van der Waals surface area contributed by atoms with Crippen LogP contribution in [0.3, 0.4) is 0 Å². The Labute approximate surface area is 218 Å². The predicted octanol–water partition coefficient (Wildman–Crippen LogP) is 4.85. The van der Waals surface area contributed by atoms with Crippen molar-refractivity contribution in [1.29, 1.82) is 0 Å². The van der Waals surface area contributed by atoms with E-state index < -0.39 is 28.5 Å². The number of hydrogen-bond donors (Lipinski definition) is 1. The number of ether oxygens (including phenoxy) is 3. The van der Waals surface area contributed by atoms with E-state index in [2.05, 4.69) is 33.4 Å². The minimum absolute atomic E-state index is 0.00380. The fourth-order valence-corrected chi connectivity index (χ4v) is 10.3. The maximum atomic E-state index is 13.6. The molecule has 3 saturated carbocycles. The summed E-state index contributed by atoms with van der Waals surface area (Å²) in [6, 6.07) is 0. The first-order valence-electron chi connectivity index (χ1n) is 13.7. The average Bonchev–Trinajstić information content (AvgIpc) is 3.49. The predicted molar refractivity (Wildman–Crippen MR) is 134 cm³/mol. The molecule has 0 spiro atoms. The van der Waals surface area contributed by atoms with Crippen molar-refractivity contribution in [3.05, 3.63) is 23.8 Å². The van der Waals surface area contributed by atoms with Crippen LogP contribution in [-0.2, 0) is 23.8 Å². The molecule has 6 aliphatic rings. The van der Waals surface area contributed by atoms with Crippen molar-refractivity contribution in [2.45, 2.75) is 77.3 Å². The summed E-state index contributed by atoms with van der Waals surface area (Å²) >= 11 is 6.80. The lowest BCUT2D eigenvalue weighted by Gasteiger charge is -2.58. The van der Waals surface area contributed by atoms with Crippen molar-refractivity contribution in [3.8, 4) is 0 Å². The third-order valence-electron chi connectivity index (χ3n) is 11.4. The SMILES string of the molecule is C=C1CO[C@H]2[C@@H]1C[C@H](OC[C@@]13C[C@@H]4[C@H](C)[C@H](Cl)C[C@H]4[C@@]4(C=O)C[C@@H]1C=C(C(C)C)[C@@]34C(=O)O)O[C@@H]2C. The Morgan fingerprint density at radius 2 is 2.08 bits per heavy atom. The van der Waals surface area contributed by atoms with Gasteiger partial charge >= 0.3 is 5.97 Å². The van der Waals surface area contributed by atoms with Crippen molar-refractivity contribution in [2.75, 3.05) is 13.2 Å². The second-order valence-electron chi connectivity index (χ2n) is 12.9. The minimum atomic E-state index is -1.27. The molecule has 36 heavy (non-hydrogen) atoms. The molecular formula is C29H39ClO6. The number of aldehydes is 1. The van der Waals surface area contributed by atoms with Crippen LogP contribution in [0.25, 0.3) is 0 Å². The van der Waals surface area contributed by atoms with E-state index >= 15 is 0 Å². The molecule has 12 atom stereocenters. The minimum Gasteiger partial charge on any atom is -0.481 e. The summed E-state index contributed by atoms with van der Waals surface area (Å²) in [4.78, 5) is 26.8. The van der Waals surface area contributed by atoms with Crippen LogP contribution in [0.4, 0.5) is 0 Å². The quantitative estimate of drug-likeness (QED) is 0.307. The number of aliphatic carboxylic acids is 1. The van der Waals surface area contributed by atoms with Gasteiger partial charge in [-0.05, 0) is 61.3 Å². The number of carboxylic acids is 1. The largest absolute Gasteiger partial charge is 0.481 e. The molecule has 0 unspecified atom stereocenters. The van der Waals surface area contributed by atoms with E-state index in [-0.39, 0.29) is 59.7 Å². The fraction of sp³-hybridized carbons (Fsp3) is 0.793. The molecule has 0 radical (unpaired) electrons. The third-order valence-corrected chi connectivity index (χ3v) is 11.9. The highest BCUT2D eigenvalue weighted by Crippen LogP contribution is 2.82. The lowest BCUT2D eigenvalue weighted by molar-refractivity contribution is -0.248. The van der Waals surface area contributed by atoms with E-state index in [4.69, 9.17) is 25.8 Å². The maximum absolute atomic E-state index is 13.6. The summed E-state index contributed by atoms with van der Waals surface area (Å²) in [7, 11) is 0. The summed E-state index contributed by atoms with van der Waals surface area (Å²) in [5.74, 6) is -0.262. The van der Waals surface area contributed by atoms with Crippen molar-refractivity contribution >= 4 is 23.9 Å². The molecule has 6 rings (SSSR count). The highest BCUT2D eigenvalue weighted by Gasteiger charge is 2.84. The van der Waals surface area contributed by atoms with Gasteiger partial charge in [0.1, 0.15) is 11.7 Å². The van der Waals surface area contributed by atoms with Gasteiger partial charge in [-0.25, -0.2) is 0 Å². The van der Waals surface area contributed by atoms with Crippen LogP contribution in [0.2, 0.25) is 0 Å². The second-order valence-corrected chi connectivity index (χ2v) is 13.5. The van der Waals surface area contributed by atoms with Gasteiger partial charge < -0.3 is 24.1 Å². The van der Waals surface area contributed by atoms with Crippen molar-refractivity contribution < 1.29 is 28.9 Å². The Morgan fingerprint density at radius 3 is 2.75 bits per heavy atom. The van der Waals surface area contributed by atoms with Gasteiger partial charge in [-0.3, -0.25) is 4.79 Å². The molecule has 0 aromatic rings. The Morgan fingerprint density at radius 1 is 1.33 bits per heavy atom. The van der Waals surface area contributed by atoms with Crippen LogP contribution in [0.15, 0.2) is 23.8 Å². The van der Waals surface area contributed by atoms with Crippen LogP contribution in [0, 0.1) is 51.8 Å². The Bertz CT molecular complexity index is 1020. The lowest BCUT2D eigenvalue weighted by atomic mass is 9.43. The standard InChI is InChI=1S/C29H39ClO6/c1-14(2)21-6-18-9-27(12-31)22-8-23(30)16(4)20(22)10-28(18,29(21,27)26(32)33)13-35-24-7-19-15(3)11-34-25(19)17(5)36-24/h6,12,14,16-20,22-25H,3,7-11,13H2,1-2,4-5H3,(H,32,33)/t16-,17+,18-,19+,20+,22+,23+,24+,25+,27-,28-,29-/m0/s1. The molecule has 198 valence electrons. The summed E-state index contributed by atoms with van der Waals surface area (Å²) < 4.78 is 18.7. The molecule has 6 nitrogen and oxygen atoms in total. The number of carboxylic acid groups (broad SMARTS) is 1. The number of fused-ring (bicyclic) bond motifs is 3. The topological polar surface area (TPSA) is 82.1 Å². The number of rotatable bonds is 6. The van der Waals surface area contributed by atoms with Gasteiger partial charge in [0.2, 0.25) is 0 Å². The Balaban J connectivity index is 1.40. The Hall–Kier alpha value is -1.21. The molecule has 7 heteroatoms. The van der Waals surface area contributed by atoms with E-state index in [0.717, 1.165) is 17.4 Å². The zero-order valence-electron chi connectivity index (χ0n) is 21.7. The molecular weight excluding hydrogens is 480 g/mol. The van der Waals surface area contributed by atoms with Crippen LogP contribution in [-0.4, -0.2) is 54.5 Å². The van der Waals surface area contributed by atoms with Gasteiger partial charge in [-0.2, -0.15) is 0 Å². The molecule has 2 heterocycles. The number of hydrogen-bond acceptors (Lipinski definition) is 5. The summed E-state index contributed by atoms with van der Waals surface area (Å²) in [6.45, 7) is 13.3. The second kappa shape index (κ2) is 8.14. The van der Waals surface area contributed by atoms with Gasteiger partial charge in [-0.15, -0.1) is 11.6 Å². The first-order chi connectivity index (χ1) is 17.0. The molecule has 2 aliphatic heterocycles. The summed E-state index contributed by atoms with van der Waals surface area (Å²) in [5, 5.41) is 11.1. The van der Waals surface area contributed by atoms with Gasteiger partial charge in [-0.1, -0.05) is 39.0 Å². The molecule has 4 aliphatic carbocycles. The van der Waals surface area contributed by atoms with E-state index in [1.165, 1.54) is 0 Å². The number of halogens is 1. The normalized spacial score (nSPS) is 52.9. The smallest absolute Gasteiger partial charge is 0.315 e. The van der Waals surface area contributed by atoms with E-state index in [1.54, 1.807) is 0 Å². The molecule has 0 aromatic carbocycles. The van der Waals surface area contributed by atoms with Crippen LogP contribution in [0.1, 0.15) is 53.4 Å². The molecule has 0 aromatic heterocycles. The monoisotopic (exact) mass is 518 g/mol. The number of carbonyl (C=O) groups is 2. The highest BCUT2D eigenvalue weighted by atomic mass is 35.5. The van der Waals surface area contributed by atoms with Gasteiger partial charge in [0.25, 0.3) is 0 Å². The maximum Gasteiger partial charge on any atom is 0.315 e. The van der Waals surface area contributed by atoms with E-state index in [0.29, 0.717) is 32.3 Å². The average molecular weight is 519 g/mol. The van der Waals surface area contributed by atoms with Crippen LogP contribution >= 0.6 is 11.6 Å². The molecule has 1 N–H and O–H groups in total. The zero-order chi connectivity index (χ0) is 25.8. The van der Waals surface area contributed by atoms with E-state index in [9.17, 15) is 14.7 Å². The Kier molecular flexibility index (Phi) is 5.68. The first kappa shape index (κ1) is 25.1. The van der Waals surface area contributed by atoms with Crippen molar-refractivity contribution in [1.82, 2.24) is 0 Å². The molecule has 4 bridgehead atoms. The van der Waals surface area contributed by atoms with Crippen LogP contribution in [0.5, 0.6) is 0 Å². The fourth-order valence-electron chi connectivity index (χ4n) is 9.92. The summed E-state index contributed by atoms with van der Waals surface area (Å²) in [5.41, 5.74) is -0.946. The van der Waals surface area contributed by atoms with Crippen LogP contribution < -0.4 is 0 Å². The number of carbonyl (C=O) groups excluding carboxylic acids is 1. The van der Waals surface area contributed by atoms with Crippen molar-refractivity contribution in [2.24, 2.45) is 51.8 Å². The van der Waals surface area contributed by atoms with Gasteiger partial charge in [0, 0.05) is 23.1 Å². The number of alkyl halides is 1. The lowest BCUT2D eigenvalue weighted by Crippen LogP contribution is -2.63. The van der Waals surface area contributed by atoms with Gasteiger partial charge in [0.15, 0.2) is 6.29 Å². The zero-order valence-corrected chi connectivity index (χ0v) is 22.5. The van der Waals surface area contributed by atoms with Gasteiger partial charge in [0.05, 0.1) is 30.8 Å². The molecule has 5 fully saturated rings.